The topological polar surface area (TPSA) is 92.5 Å². The van der Waals surface area contributed by atoms with Crippen LogP contribution in [0.1, 0.15) is 18.4 Å². The first-order valence-corrected chi connectivity index (χ1v) is 6.27. The summed E-state index contributed by atoms with van der Waals surface area (Å²) in [6, 6.07) is 7.17. The van der Waals surface area contributed by atoms with Crippen molar-refractivity contribution in [2.24, 2.45) is 5.84 Å². The van der Waals surface area contributed by atoms with E-state index in [1.807, 2.05) is 12.1 Å². The highest BCUT2D eigenvalue weighted by Crippen LogP contribution is 2.25. The molecule has 6 heteroatoms. The molecule has 0 aliphatic carbocycles. The van der Waals surface area contributed by atoms with Crippen LogP contribution >= 0.6 is 0 Å². The fourth-order valence-electron chi connectivity index (χ4n) is 2.09. The molecule has 6 nitrogen and oxygen atoms in total. The van der Waals surface area contributed by atoms with Crippen molar-refractivity contribution in [1.82, 2.24) is 5.43 Å². The normalized spacial score (nSPS) is 13.9. The van der Waals surface area contributed by atoms with Gasteiger partial charge >= 0.3 is 0 Å². The summed E-state index contributed by atoms with van der Waals surface area (Å²) in [6.45, 7) is 0. The first-order valence-electron chi connectivity index (χ1n) is 6.27. The third kappa shape index (κ3) is 2.92. The number of hydrogen-bond acceptors (Lipinski definition) is 4. The van der Waals surface area contributed by atoms with Crippen molar-refractivity contribution in [2.75, 3.05) is 4.90 Å². The lowest BCUT2D eigenvalue weighted by atomic mass is 10.0. The van der Waals surface area contributed by atoms with Gasteiger partial charge in [-0.1, -0.05) is 18.2 Å². The summed E-state index contributed by atoms with van der Waals surface area (Å²) in [5, 5.41) is 0. The third-order valence-electron chi connectivity index (χ3n) is 3.05. The summed E-state index contributed by atoms with van der Waals surface area (Å²) in [5.41, 5.74) is 3.49. The Balaban J connectivity index is 2.12. The minimum Gasteiger partial charge on any atom is -0.294 e. The molecule has 3 amide bonds. The number of hydrazine groups is 1. The van der Waals surface area contributed by atoms with E-state index < -0.39 is 0 Å². The van der Waals surface area contributed by atoms with Gasteiger partial charge in [-0.15, -0.1) is 0 Å². The molecule has 0 radical (unpaired) electrons. The number of carbonyl (C=O) groups is 3. The van der Waals surface area contributed by atoms with Crippen LogP contribution in [0.4, 0.5) is 5.69 Å². The lowest BCUT2D eigenvalue weighted by Crippen LogP contribution is -2.31. The van der Waals surface area contributed by atoms with Crippen molar-refractivity contribution in [1.29, 1.82) is 0 Å². The summed E-state index contributed by atoms with van der Waals surface area (Å²) >= 11 is 0. The van der Waals surface area contributed by atoms with E-state index in [-0.39, 0.29) is 17.7 Å². The van der Waals surface area contributed by atoms with E-state index in [2.05, 4.69) is 5.43 Å². The van der Waals surface area contributed by atoms with E-state index in [0.717, 1.165) is 10.5 Å². The van der Waals surface area contributed by atoms with E-state index in [1.54, 1.807) is 12.1 Å². The Kier molecular flexibility index (Phi) is 4.27. The first kappa shape index (κ1) is 14.0. The Bertz CT molecular complexity index is 563. The number of nitrogens with two attached hydrogens (primary N) is 1. The molecule has 0 bridgehead atoms. The minimum atomic E-state index is -0.345. The van der Waals surface area contributed by atoms with Crippen molar-refractivity contribution in [3.63, 3.8) is 0 Å². The molecule has 1 heterocycles. The first-order chi connectivity index (χ1) is 9.63. The Morgan fingerprint density at radius 2 is 1.80 bits per heavy atom. The summed E-state index contributed by atoms with van der Waals surface area (Å²) in [6.07, 6.45) is 3.97. The van der Waals surface area contributed by atoms with Crippen molar-refractivity contribution < 1.29 is 14.4 Å². The number of carbonyl (C=O) groups excluding carboxylic acids is 3. The van der Waals surface area contributed by atoms with Gasteiger partial charge in [-0.25, -0.2) is 10.7 Å². The molecule has 0 atom stereocenters. The van der Waals surface area contributed by atoms with Crippen LogP contribution < -0.4 is 16.2 Å². The molecular formula is C14H15N3O3. The number of nitrogens with zero attached hydrogens (tertiary/aromatic N) is 1. The number of rotatable bonds is 5. The lowest BCUT2D eigenvalue weighted by molar-refractivity contribution is -0.122. The molecule has 0 saturated carbocycles. The standard InChI is InChI=1S/C14H15N3O3/c15-16-12(18)7-3-5-10-4-1-2-6-11(10)17-13(19)8-9-14(17)20/h1-2,4,6,8-9H,3,5,7,15H2,(H,16,18). The summed E-state index contributed by atoms with van der Waals surface area (Å²) in [5.74, 6) is 4.08. The monoisotopic (exact) mass is 273 g/mol. The predicted octanol–water partition coefficient (Wildman–Crippen LogP) is 0.429. The van der Waals surface area contributed by atoms with Crippen LogP contribution in [-0.2, 0) is 20.8 Å². The van der Waals surface area contributed by atoms with Gasteiger partial charge in [0.25, 0.3) is 11.8 Å². The van der Waals surface area contributed by atoms with Crippen LogP contribution in [-0.4, -0.2) is 17.7 Å². The molecule has 20 heavy (non-hydrogen) atoms. The zero-order valence-corrected chi connectivity index (χ0v) is 10.8. The van der Waals surface area contributed by atoms with Gasteiger partial charge < -0.3 is 0 Å². The van der Waals surface area contributed by atoms with Crippen molar-refractivity contribution in [3.8, 4) is 0 Å². The number of amides is 3. The molecule has 0 aromatic heterocycles. The van der Waals surface area contributed by atoms with Crippen molar-refractivity contribution >= 4 is 23.4 Å². The molecule has 2 rings (SSSR count). The number of para-hydroxylation sites is 1. The molecular weight excluding hydrogens is 258 g/mol. The van der Waals surface area contributed by atoms with Crippen LogP contribution in [0.2, 0.25) is 0 Å². The quantitative estimate of drug-likeness (QED) is 0.352. The second-order valence-electron chi connectivity index (χ2n) is 4.39. The second-order valence-corrected chi connectivity index (χ2v) is 4.39. The molecule has 0 spiro atoms. The van der Waals surface area contributed by atoms with Gasteiger partial charge in [0.2, 0.25) is 5.91 Å². The maximum atomic E-state index is 11.7. The molecule has 0 unspecified atom stereocenters. The molecule has 1 aromatic carbocycles. The zero-order chi connectivity index (χ0) is 14.5. The summed E-state index contributed by atoms with van der Waals surface area (Å²) < 4.78 is 0. The highest BCUT2D eigenvalue weighted by Gasteiger charge is 2.26. The number of aryl methyl sites for hydroxylation is 1. The Morgan fingerprint density at radius 1 is 1.15 bits per heavy atom. The minimum absolute atomic E-state index is 0.238. The van der Waals surface area contributed by atoms with Gasteiger partial charge in [0.15, 0.2) is 0 Å². The fourth-order valence-corrected chi connectivity index (χ4v) is 2.09. The predicted molar refractivity (Wildman–Crippen MR) is 73.3 cm³/mol. The molecule has 1 aliphatic heterocycles. The molecule has 3 N–H and O–H groups in total. The van der Waals surface area contributed by atoms with Crippen LogP contribution in [0.25, 0.3) is 0 Å². The van der Waals surface area contributed by atoms with Crippen LogP contribution in [0.3, 0.4) is 0 Å². The number of nitrogens with one attached hydrogen (secondary N) is 1. The Morgan fingerprint density at radius 3 is 2.45 bits per heavy atom. The van der Waals surface area contributed by atoms with E-state index in [4.69, 9.17) is 5.84 Å². The van der Waals surface area contributed by atoms with E-state index in [9.17, 15) is 14.4 Å². The highest BCUT2D eigenvalue weighted by atomic mass is 16.2. The molecule has 0 saturated heterocycles. The zero-order valence-electron chi connectivity index (χ0n) is 10.8. The van der Waals surface area contributed by atoms with E-state index in [1.165, 1.54) is 12.2 Å². The van der Waals surface area contributed by atoms with Gasteiger partial charge in [-0.2, -0.15) is 0 Å². The number of benzene rings is 1. The van der Waals surface area contributed by atoms with Gasteiger partial charge in [-0.3, -0.25) is 19.8 Å². The lowest BCUT2D eigenvalue weighted by Gasteiger charge is -2.18. The van der Waals surface area contributed by atoms with Crippen LogP contribution in [0.15, 0.2) is 36.4 Å². The van der Waals surface area contributed by atoms with Crippen molar-refractivity contribution in [3.05, 3.63) is 42.0 Å². The van der Waals surface area contributed by atoms with Crippen LogP contribution in [0.5, 0.6) is 0 Å². The number of imide groups is 1. The SMILES string of the molecule is NNC(=O)CCCc1ccccc1N1C(=O)C=CC1=O. The summed E-state index contributed by atoms with van der Waals surface area (Å²) in [7, 11) is 0. The van der Waals surface area contributed by atoms with E-state index >= 15 is 0 Å². The molecule has 0 fully saturated rings. The number of anilines is 1. The van der Waals surface area contributed by atoms with Gasteiger partial charge in [0, 0.05) is 18.6 Å². The molecule has 1 aromatic rings. The smallest absolute Gasteiger partial charge is 0.258 e. The maximum absolute atomic E-state index is 11.7. The molecule has 104 valence electrons. The third-order valence-corrected chi connectivity index (χ3v) is 3.05. The Labute approximate surface area is 116 Å². The second kappa shape index (κ2) is 6.12. The van der Waals surface area contributed by atoms with Gasteiger partial charge in [-0.05, 0) is 24.5 Å². The highest BCUT2D eigenvalue weighted by molar-refractivity contribution is 6.28. The van der Waals surface area contributed by atoms with Crippen molar-refractivity contribution in [2.45, 2.75) is 19.3 Å². The Hall–Kier alpha value is -2.47. The largest absolute Gasteiger partial charge is 0.294 e. The average Bonchev–Trinajstić information content (AvgIpc) is 2.78. The van der Waals surface area contributed by atoms with Crippen LogP contribution in [0, 0.1) is 0 Å². The summed E-state index contributed by atoms with van der Waals surface area (Å²) in [4.78, 5) is 35.6. The number of hydrogen-bond donors (Lipinski definition) is 2. The van der Waals surface area contributed by atoms with Gasteiger partial charge in [0.05, 0.1) is 5.69 Å². The average molecular weight is 273 g/mol. The van der Waals surface area contributed by atoms with Gasteiger partial charge in [0.1, 0.15) is 0 Å². The maximum Gasteiger partial charge on any atom is 0.258 e. The van der Waals surface area contributed by atoms with E-state index in [0.29, 0.717) is 24.9 Å². The molecule has 1 aliphatic rings. The fraction of sp³-hybridized carbons (Fsp3) is 0.214.